The van der Waals surface area contributed by atoms with Gasteiger partial charge in [0, 0.05) is 28.5 Å². The maximum atomic E-state index is 4.36. The summed E-state index contributed by atoms with van der Waals surface area (Å²) in [6, 6.07) is 4.69. The number of thiazole rings is 1. The van der Waals surface area contributed by atoms with Crippen molar-refractivity contribution in [2.24, 2.45) is 0 Å². The standard InChI is InChI=1S/C12H16N2S2/c1-3-12-14-8-10(16-12)7-13-9(2)11-5-4-6-15-11/h4-6,8-9,13H,3,7H2,1-2H3. The highest BCUT2D eigenvalue weighted by molar-refractivity contribution is 7.11. The summed E-state index contributed by atoms with van der Waals surface area (Å²) < 4.78 is 0. The van der Waals surface area contributed by atoms with Gasteiger partial charge in [0.05, 0.1) is 5.01 Å². The van der Waals surface area contributed by atoms with Crippen molar-refractivity contribution in [3.8, 4) is 0 Å². The first-order chi connectivity index (χ1) is 7.79. The van der Waals surface area contributed by atoms with Crippen molar-refractivity contribution in [2.75, 3.05) is 0 Å². The van der Waals surface area contributed by atoms with Crippen molar-refractivity contribution >= 4 is 22.7 Å². The number of aryl methyl sites for hydroxylation is 1. The third-order valence-electron chi connectivity index (χ3n) is 2.46. The molecule has 0 radical (unpaired) electrons. The van der Waals surface area contributed by atoms with Gasteiger partial charge in [-0.15, -0.1) is 22.7 Å². The van der Waals surface area contributed by atoms with Gasteiger partial charge in [-0.25, -0.2) is 4.98 Å². The fourth-order valence-electron chi connectivity index (χ4n) is 1.49. The van der Waals surface area contributed by atoms with E-state index in [1.807, 2.05) is 6.20 Å². The Bertz CT molecular complexity index is 420. The molecule has 2 aromatic heterocycles. The van der Waals surface area contributed by atoms with Crippen molar-refractivity contribution < 1.29 is 0 Å². The second-order valence-electron chi connectivity index (χ2n) is 3.69. The van der Waals surface area contributed by atoms with Crippen LogP contribution < -0.4 is 5.32 Å². The highest BCUT2D eigenvalue weighted by Crippen LogP contribution is 2.19. The molecule has 1 unspecified atom stereocenters. The van der Waals surface area contributed by atoms with Crippen LogP contribution in [0.2, 0.25) is 0 Å². The fourth-order valence-corrected chi connectivity index (χ4v) is 3.06. The molecular weight excluding hydrogens is 236 g/mol. The minimum absolute atomic E-state index is 0.423. The Morgan fingerprint density at radius 3 is 3.00 bits per heavy atom. The highest BCUT2D eigenvalue weighted by Gasteiger charge is 2.06. The van der Waals surface area contributed by atoms with Gasteiger partial charge >= 0.3 is 0 Å². The van der Waals surface area contributed by atoms with Gasteiger partial charge in [-0.2, -0.15) is 0 Å². The van der Waals surface area contributed by atoms with Crippen molar-refractivity contribution in [2.45, 2.75) is 32.9 Å². The smallest absolute Gasteiger partial charge is 0.0925 e. The van der Waals surface area contributed by atoms with E-state index in [0.29, 0.717) is 6.04 Å². The number of nitrogens with one attached hydrogen (secondary N) is 1. The van der Waals surface area contributed by atoms with E-state index in [1.54, 1.807) is 22.7 Å². The summed E-state index contributed by atoms with van der Waals surface area (Å²) in [4.78, 5) is 7.07. The third kappa shape index (κ3) is 2.90. The quantitative estimate of drug-likeness (QED) is 0.879. The molecule has 0 aromatic carbocycles. The maximum absolute atomic E-state index is 4.36. The number of thiophene rings is 1. The molecule has 0 saturated heterocycles. The molecule has 0 aliphatic rings. The van der Waals surface area contributed by atoms with Crippen LogP contribution in [0.15, 0.2) is 23.7 Å². The van der Waals surface area contributed by atoms with Crippen LogP contribution in [-0.2, 0) is 13.0 Å². The van der Waals surface area contributed by atoms with Crippen molar-refractivity contribution in [3.63, 3.8) is 0 Å². The Morgan fingerprint density at radius 1 is 1.50 bits per heavy atom. The van der Waals surface area contributed by atoms with Gasteiger partial charge in [-0.1, -0.05) is 13.0 Å². The van der Waals surface area contributed by atoms with Crippen molar-refractivity contribution in [1.29, 1.82) is 0 Å². The van der Waals surface area contributed by atoms with Crippen LogP contribution in [-0.4, -0.2) is 4.98 Å². The first-order valence-corrected chi connectivity index (χ1v) is 7.19. The van der Waals surface area contributed by atoms with Crippen LogP contribution in [0, 0.1) is 0 Å². The molecule has 2 nitrogen and oxygen atoms in total. The van der Waals surface area contributed by atoms with E-state index in [-0.39, 0.29) is 0 Å². The molecule has 0 saturated carbocycles. The zero-order valence-corrected chi connectivity index (χ0v) is 11.2. The van der Waals surface area contributed by atoms with Crippen LogP contribution in [0.5, 0.6) is 0 Å². The number of aromatic nitrogens is 1. The van der Waals surface area contributed by atoms with E-state index < -0.39 is 0 Å². The van der Waals surface area contributed by atoms with E-state index in [2.05, 4.69) is 41.7 Å². The average molecular weight is 252 g/mol. The Balaban J connectivity index is 1.87. The lowest BCUT2D eigenvalue weighted by Crippen LogP contribution is -2.16. The molecule has 0 aliphatic carbocycles. The minimum atomic E-state index is 0.423. The summed E-state index contributed by atoms with van der Waals surface area (Å²) in [5.74, 6) is 0. The van der Waals surface area contributed by atoms with E-state index in [9.17, 15) is 0 Å². The first kappa shape index (κ1) is 11.8. The monoisotopic (exact) mass is 252 g/mol. The molecule has 0 aliphatic heterocycles. The minimum Gasteiger partial charge on any atom is -0.304 e. The van der Waals surface area contributed by atoms with Gasteiger partial charge in [0.1, 0.15) is 0 Å². The van der Waals surface area contributed by atoms with Crippen LogP contribution in [0.4, 0.5) is 0 Å². The molecule has 1 N–H and O–H groups in total. The molecule has 4 heteroatoms. The van der Waals surface area contributed by atoms with E-state index in [1.165, 1.54) is 14.8 Å². The fraction of sp³-hybridized carbons (Fsp3) is 0.417. The van der Waals surface area contributed by atoms with Gasteiger partial charge in [0.25, 0.3) is 0 Å². The molecule has 0 spiro atoms. The molecule has 0 bridgehead atoms. The molecule has 86 valence electrons. The molecule has 2 rings (SSSR count). The van der Waals surface area contributed by atoms with Gasteiger partial charge in [-0.3, -0.25) is 0 Å². The number of rotatable bonds is 5. The molecule has 2 heterocycles. The molecule has 0 fully saturated rings. The summed E-state index contributed by atoms with van der Waals surface area (Å²) in [5, 5.41) is 6.86. The van der Waals surface area contributed by atoms with Crippen molar-refractivity contribution in [3.05, 3.63) is 38.5 Å². The van der Waals surface area contributed by atoms with Gasteiger partial charge in [0.15, 0.2) is 0 Å². The van der Waals surface area contributed by atoms with Crippen LogP contribution in [0.1, 0.15) is 34.7 Å². The normalized spacial score (nSPS) is 12.9. The first-order valence-electron chi connectivity index (χ1n) is 5.50. The predicted molar refractivity (Wildman–Crippen MR) is 71.1 cm³/mol. The zero-order valence-electron chi connectivity index (χ0n) is 9.56. The largest absolute Gasteiger partial charge is 0.304 e. The lowest BCUT2D eigenvalue weighted by atomic mass is 10.3. The second kappa shape index (κ2) is 5.57. The number of hydrogen-bond acceptors (Lipinski definition) is 4. The summed E-state index contributed by atoms with van der Waals surface area (Å²) in [7, 11) is 0. The summed E-state index contributed by atoms with van der Waals surface area (Å²) in [6.07, 6.45) is 3.02. The average Bonchev–Trinajstić information content (AvgIpc) is 2.96. The molecule has 0 amide bonds. The molecule has 1 atom stereocenters. The topological polar surface area (TPSA) is 24.9 Å². The summed E-state index contributed by atoms with van der Waals surface area (Å²) in [6.45, 7) is 5.26. The van der Waals surface area contributed by atoms with E-state index in [4.69, 9.17) is 0 Å². The van der Waals surface area contributed by atoms with Crippen LogP contribution in [0.25, 0.3) is 0 Å². The maximum Gasteiger partial charge on any atom is 0.0925 e. The van der Waals surface area contributed by atoms with Crippen LogP contribution >= 0.6 is 22.7 Å². The number of hydrogen-bond donors (Lipinski definition) is 1. The highest BCUT2D eigenvalue weighted by atomic mass is 32.1. The molecule has 2 aromatic rings. The van der Waals surface area contributed by atoms with E-state index in [0.717, 1.165) is 13.0 Å². The Hall–Kier alpha value is -0.710. The van der Waals surface area contributed by atoms with Gasteiger partial charge < -0.3 is 5.32 Å². The predicted octanol–water partition coefficient (Wildman–Crippen LogP) is 3.62. The third-order valence-corrected chi connectivity index (χ3v) is 4.65. The SMILES string of the molecule is CCc1ncc(CNC(C)c2cccs2)s1. The van der Waals surface area contributed by atoms with Gasteiger partial charge in [0.2, 0.25) is 0 Å². The molecular formula is C12H16N2S2. The van der Waals surface area contributed by atoms with Crippen molar-refractivity contribution in [1.82, 2.24) is 10.3 Å². The summed E-state index contributed by atoms with van der Waals surface area (Å²) in [5.41, 5.74) is 0. The zero-order chi connectivity index (χ0) is 11.4. The van der Waals surface area contributed by atoms with Crippen LogP contribution in [0.3, 0.4) is 0 Å². The Labute approximate surface area is 104 Å². The van der Waals surface area contributed by atoms with Gasteiger partial charge in [-0.05, 0) is 24.8 Å². The Kier molecular flexibility index (Phi) is 4.09. The Morgan fingerprint density at radius 2 is 2.38 bits per heavy atom. The summed E-state index contributed by atoms with van der Waals surface area (Å²) >= 11 is 3.60. The lowest BCUT2D eigenvalue weighted by molar-refractivity contribution is 0.587. The number of nitrogens with zero attached hydrogens (tertiary/aromatic N) is 1. The lowest BCUT2D eigenvalue weighted by Gasteiger charge is -2.10. The van der Waals surface area contributed by atoms with E-state index >= 15 is 0 Å². The molecule has 16 heavy (non-hydrogen) atoms. The second-order valence-corrected chi connectivity index (χ2v) is 5.87.